The van der Waals surface area contributed by atoms with Gasteiger partial charge in [0.15, 0.2) is 0 Å². The highest BCUT2D eigenvalue weighted by Gasteiger charge is 2.22. The molecule has 2 N–H and O–H groups in total. The van der Waals surface area contributed by atoms with Gasteiger partial charge in [-0.15, -0.1) is 0 Å². The van der Waals surface area contributed by atoms with Crippen LogP contribution in [0.3, 0.4) is 0 Å². The van der Waals surface area contributed by atoms with Gasteiger partial charge in [-0.25, -0.2) is 9.97 Å². The molecule has 1 aliphatic heterocycles. The Labute approximate surface area is 103 Å². The van der Waals surface area contributed by atoms with Crippen molar-refractivity contribution < 1.29 is 0 Å². The van der Waals surface area contributed by atoms with Crippen LogP contribution in [0.1, 0.15) is 31.9 Å². The zero-order chi connectivity index (χ0) is 12.1. The Bertz CT molecular complexity index is 353. The van der Waals surface area contributed by atoms with Gasteiger partial charge in [0.2, 0.25) is 0 Å². The molecule has 1 aliphatic rings. The van der Waals surface area contributed by atoms with Crippen molar-refractivity contribution in [2.24, 2.45) is 11.7 Å². The van der Waals surface area contributed by atoms with Crippen molar-refractivity contribution in [1.82, 2.24) is 9.97 Å². The number of aryl methyl sites for hydroxylation is 1. The zero-order valence-electron chi connectivity index (χ0n) is 10.6. The van der Waals surface area contributed by atoms with Crippen LogP contribution >= 0.6 is 0 Å². The van der Waals surface area contributed by atoms with Crippen LogP contribution in [-0.4, -0.2) is 29.6 Å². The number of anilines is 1. The Balaban J connectivity index is 2.00. The first-order valence-electron chi connectivity index (χ1n) is 6.59. The van der Waals surface area contributed by atoms with Crippen LogP contribution < -0.4 is 10.6 Å². The van der Waals surface area contributed by atoms with Gasteiger partial charge in [-0.05, 0) is 31.7 Å². The lowest BCUT2D eigenvalue weighted by Gasteiger charge is -2.17. The molecule has 1 unspecified atom stereocenters. The van der Waals surface area contributed by atoms with E-state index < -0.39 is 0 Å². The van der Waals surface area contributed by atoms with Crippen molar-refractivity contribution in [1.29, 1.82) is 0 Å². The summed E-state index contributed by atoms with van der Waals surface area (Å²) in [6.07, 6.45) is 6.23. The molecule has 0 radical (unpaired) electrons. The first-order chi connectivity index (χ1) is 8.33. The second-order valence-corrected chi connectivity index (χ2v) is 4.80. The van der Waals surface area contributed by atoms with Crippen LogP contribution in [0.4, 0.5) is 5.82 Å². The Kier molecular flexibility index (Phi) is 4.31. The summed E-state index contributed by atoms with van der Waals surface area (Å²) < 4.78 is 0. The fourth-order valence-corrected chi connectivity index (χ4v) is 2.46. The van der Waals surface area contributed by atoms with Crippen LogP contribution in [0.25, 0.3) is 0 Å². The summed E-state index contributed by atoms with van der Waals surface area (Å²) in [7, 11) is 0. The molecule has 1 fully saturated rings. The van der Waals surface area contributed by atoms with E-state index in [0.717, 1.165) is 56.3 Å². The maximum absolute atomic E-state index is 5.61. The largest absolute Gasteiger partial charge is 0.356 e. The Morgan fingerprint density at radius 3 is 3.12 bits per heavy atom. The van der Waals surface area contributed by atoms with Crippen LogP contribution in [0.5, 0.6) is 0 Å². The molecule has 0 bridgehead atoms. The molecule has 0 aliphatic carbocycles. The summed E-state index contributed by atoms with van der Waals surface area (Å²) >= 11 is 0. The second-order valence-electron chi connectivity index (χ2n) is 4.80. The van der Waals surface area contributed by atoms with E-state index in [2.05, 4.69) is 27.9 Å². The highest BCUT2D eigenvalue weighted by molar-refractivity contribution is 5.40. The van der Waals surface area contributed by atoms with E-state index >= 15 is 0 Å². The number of nitrogens with zero attached hydrogens (tertiary/aromatic N) is 3. The average Bonchev–Trinajstić information content (AvgIpc) is 2.79. The van der Waals surface area contributed by atoms with Gasteiger partial charge in [-0.3, -0.25) is 0 Å². The van der Waals surface area contributed by atoms with Crippen molar-refractivity contribution >= 4 is 5.82 Å². The fraction of sp³-hybridized carbons (Fsp3) is 0.692. The number of hydrogen-bond acceptors (Lipinski definition) is 4. The minimum absolute atomic E-state index is 0.740. The van der Waals surface area contributed by atoms with Crippen molar-refractivity contribution in [2.75, 3.05) is 24.5 Å². The standard InChI is InChI=1S/C13H22N4/c1-2-3-12-8-13(16-10-15-12)17-7-5-11(9-17)4-6-14/h8,10-11H,2-7,9,14H2,1H3. The van der Waals surface area contributed by atoms with Crippen molar-refractivity contribution in [3.05, 3.63) is 18.1 Å². The summed E-state index contributed by atoms with van der Waals surface area (Å²) in [6.45, 7) is 5.17. The van der Waals surface area contributed by atoms with Crippen LogP contribution in [0, 0.1) is 5.92 Å². The Morgan fingerprint density at radius 1 is 1.47 bits per heavy atom. The number of nitrogens with two attached hydrogens (primary N) is 1. The van der Waals surface area contributed by atoms with Gasteiger partial charge in [0, 0.05) is 24.8 Å². The molecular weight excluding hydrogens is 212 g/mol. The molecule has 1 aromatic heterocycles. The van der Waals surface area contributed by atoms with Gasteiger partial charge >= 0.3 is 0 Å². The molecule has 17 heavy (non-hydrogen) atoms. The SMILES string of the molecule is CCCc1cc(N2CCC(CCN)C2)ncn1. The van der Waals surface area contributed by atoms with Crippen molar-refractivity contribution in [3.63, 3.8) is 0 Å². The molecule has 0 spiro atoms. The van der Waals surface area contributed by atoms with E-state index in [1.54, 1.807) is 6.33 Å². The molecule has 2 heterocycles. The second kappa shape index (κ2) is 5.96. The van der Waals surface area contributed by atoms with Crippen LogP contribution in [0.15, 0.2) is 12.4 Å². The normalized spacial score (nSPS) is 19.9. The smallest absolute Gasteiger partial charge is 0.132 e. The van der Waals surface area contributed by atoms with Gasteiger partial charge in [0.05, 0.1) is 0 Å². The van der Waals surface area contributed by atoms with Crippen LogP contribution in [-0.2, 0) is 6.42 Å². The molecule has 1 saturated heterocycles. The predicted octanol–water partition coefficient (Wildman–Crippen LogP) is 1.60. The van der Waals surface area contributed by atoms with Gasteiger partial charge in [-0.2, -0.15) is 0 Å². The molecule has 0 aromatic carbocycles. The van der Waals surface area contributed by atoms with E-state index in [-0.39, 0.29) is 0 Å². The lowest BCUT2D eigenvalue weighted by molar-refractivity contribution is 0.546. The van der Waals surface area contributed by atoms with Crippen molar-refractivity contribution in [2.45, 2.75) is 32.6 Å². The van der Waals surface area contributed by atoms with Gasteiger partial charge in [-0.1, -0.05) is 13.3 Å². The zero-order valence-corrected chi connectivity index (χ0v) is 10.6. The molecule has 1 atom stereocenters. The van der Waals surface area contributed by atoms with E-state index in [4.69, 9.17) is 5.73 Å². The number of rotatable bonds is 5. The van der Waals surface area contributed by atoms with Gasteiger partial charge < -0.3 is 10.6 Å². The number of hydrogen-bond donors (Lipinski definition) is 1. The summed E-state index contributed by atoms with van der Waals surface area (Å²) in [6, 6.07) is 2.13. The third-order valence-electron chi connectivity index (χ3n) is 3.40. The molecule has 1 aromatic rings. The van der Waals surface area contributed by atoms with E-state index in [1.165, 1.54) is 6.42 Å². The fourth-order valence-electron chi connectivity index (χ4n) is 2.46. The lowest BCUT2D eigenvalue weighted by atomic mass is 10.1. The summed E-state index contributed by atoms with van der Waals surface area (Å²) in [5.41, 5.74) is 6.76. The highest BCUT2D eigenvalue weighted by atomic mass is 15.2. The Morgan fingerprint density at radius 2 is 2.35 bits per heavy atom. The van der Waals surface area contributed by atoms with Gasteiger partial charge in [0.1, 0.15) is 12.1 Å². The Hall–Kier alpha value is -1.16. The van der Waals surface area contributed by atoms with E-state index in [0.29, 0.717) is 0 Å². The molecule has 0 amide bonds. The third-order valence-corrected chi connectivity index (χ3v) is 3.40. The third kappa shape index (κ3) is 3.16. The molecule has 2 rings (SSSR count). The molecule has 4 heteroatoms. The summed E-state index contributed by atoms with van der Waals surface area (Å²) in [5, 5.41) is 0. The van der Waals surface area contributed by atoms with Crippen molar-refractivity contribution in [3.8, 4) is 0 Å². The molecule has 4 nitrogen and oxygen atoms in total. The summed E-state index contributed by atoms with van der Waals surface area (Å²) in [5.74, 6) is 1.83. The summed E-state index contributed by atoms with van der Waals surface area (Å²) in [4.78, 5) is 11.0. The lowest BCUT2D eigenvalue weighted by Crippen LogP contribution is -2.21. The van der Waals surface area contributed by atoms with E-state index in [1.807, 2.05) is 0 Å². The maximum Gasteiger partial charge on any atom is 0.132 e. The first-order valence-corrected chi connectivity index (χ1v) is 6.59. The monoisotopic (exact) mass is 234 g/mol. The van der Waals surface area contributed by atoms with Gasteiger partial charge in [0.25, 0.3) is 0 Å². The van der Waals surface area contributed by atoms with Crippen LogP contribution in [0.2, 0.25) is 0 Å². The minimum Gasteiger partial charge on any atom is -0.356 e. The average molecular weight is 234 g/mol. The predicted molar refractivity (Wildman–Crippen MR) is 70.0 cm³/mol. The minimum atomic E-state index is 0.740. The molecular formula is C13H22N4. The maximum atomic E-state index is 5.61. The van der Waals surface area contributed by atoms with E-state index in [9.17, 15) is 0 Å². The highest BCUT2D eigenvalue weighted by Crippen LogP contribution is 2.24. The number of aromatic nitrogens is 2. The molecule has 94 valence electrons. The quantitative estimate of drug-likeness (QED) is 0.841. The molecule has 0 saturated carbocycles. The first kappa shape index (κ1) is 12.3. The topological polar surface area (TPSA) is 55.0 Å².